The Hall–Kier alpha value is -0.0831. The quantitative estimate of drug-likeness (QED) is 0.668. The highest BCUT2D eigenvalue weighted by molar-refractivity contribution is 6.82. The van der Waals surface area contributed by atoms with Crippen molar-refractivity contribution in [2.75, 3.05) is 6.17 Å². The monoisotopic (exact) mass is 241 g/mol. The summed E-state index contributed by atoms with van der Waals surface area (Å²) in [6.07, 6.45) is 3.44. The van der Waals surface area contributed by atoms with Crippen LogP contribution in [-0.4, -0.2) is 30.2 Å². The van der Waals surface area contributed by atoms with E-state index >= 15 is 0 Å². The molecule has 16 heavy (non-hydrogen) atoms. The molecule has 0 aromatic carbocycles. The van der Waals surface area contributed by atoms with Crippen LogP contribution >= 0.6 is 0 Å². The first kappa shape index (κ1) is 15.9. The molecule has 0 radical (unpaired) electrons. The van der Waals surface area contributed by atoms with Crippen LogP contribution in [0.15, 0.2) is 11.8 Å². The van der Waals surface area contributed by atoms with Gasteiger partial charge in [0, 0.05) is 11.1 Å². The lowest BCUT2D eigenvalue weighted by atomic mass is 9.97. The molecule has 0 bridgehead atoms. The first-order chi connectivity index (χ1) is 6.90. The van der Waals surface area contributed by atoms with Crippen LogP contribution in [0.3, 0.4) is 0 Å². The van der Waals surface area contributed by atoms with Gasteiger partial charge in [-0.3, -0.25) is 4.90 Å². The van der Waals surface area contributed by atoms with Crippen molar-refractivity contribution >= 4 is 8.07 Å². The molecule has 1 nitrogen and oxygen atoms in total. The third-order valence-corrected chi connectivity index (χ3v) is 5.17. The zero-order chi connectivity index (χ0) is 13.2. The molecule has 0 fully saturated rings. The molecular formula is C14H31NSi. The zero-order valence-electron chi connectivity index (χ0n) is 12.8. The van der Waals surface area contributed by atoms with E-state index in [1.165, 1.54) is 6.17 Å². The van der Waals surface area contributed by atoms with E-state index in [9.17, 15) is 0 Å². The van der Waals surface area contributed by atoms with Crippen LogP contribution in [0.5, 0.6) is 0 Å². The SMILES string of the molecule is C/C=C\[Si](C)(C)CN(C(C)(C)C)C(C)(C)C. The maximum atomic E-state index is 2.65. The minimum Gasteiger partial charge on any atom is -0.296 e. The van der Waals surface area contributed by atoms with Gasteiger partial charge in [0.1, 0.15) is 0 Å². The van der Waals surface area contributed by atoms with E-state index in [4.69, 9.17) is 0 Å². The van der Waals surface area contributed by atoms with Gasteiger partial charge in [-0.25, -0.2) is 0 Å². The molecule has 0 rings (SSSR count). The number of hydrogen-bond donors (Lipinski definition) is 0. The molecule has 0 aromatic rings. The largest absolute Gasteiger partial charge is 0.296 e. The first-order valence-electron chi connectivity index (χ1n) is 6.32. The zero-order valence-corrected chi connectivity index (χ0v) is 13.8. The van der Waals surface area contributed by atoms with E-state index in [2.05, 4.69) is 78.2 Å². The highest BCUT2D eigenvalue weighted by Gasteiger charge is 2.35. The molecule has 2 heteroatoms. The average molecular weight is 241 g/mol. The van der Waals surface area contributed by atoms with Crippen LogP contribution in [0.4, 0.5) is 0 Å². The summed E-state index contributed by atoms with van der Waals surface area (Å²) in [5.41, 5.74) is 2.92. The summed E-state index contributed by atoms with van der Waals surface area (Å²) in [7, 11) is -1.24. The van der Waals surface area contributed by atoms with Gasteiger partial charge in [-0.15, -0.1) is 0 Å². The van der Waals surface area contributed by atoms with E-state index in [-0.39, 0.29) is 11.1 Å². The number of allylic oxidation sites excluding steroid dienone is 1. The summed E-state index contributed by atoms with van der Waals surface area (Å²) in [5, 5.41) is 0. The third kappa shape index (κ3) is 5.31. The standard InChI is InChI=1S/C14H31NSi/c1-10-11-16(8,9)12-15(13(2,3)4)14(5,6)7/h10-11H,12H2,1-9H3/b11-10-. The van der Waals surface area contributed by atoms with E-state index < -0.39 is 8.07 Å². The van der Waals surface area contributed by atoms with Crippen LogP contribution < -0.4 is 0 Å². The van der Waals surface area contributed by atoms with Gasteiger partial charge in [-0.05, 0) is 54.6 Å². The highest BCUT2D eigenvalue weighted by Crippen LogP contribution is 2.26. The molecule has 0 N–H and O–H groups in total. The predicted molar refractivity (Wildman–Crippen MR) is 78.5 cm³/mol. The number of hydrogen-bond acceptors (Lipinski definition) is 1. The van der Waals surface area contributed by atoms with Gasteiger partial charge < -0.3 is 0 Å². The molecule has 0 atom stereocenters. The molecule has 0 spiro atoms. The maximum Gasteiger partial charge on any atom is 0.0858 e. The molecule has 0 heterocycles. The van der Waals surface area contributed by atoms with Gasteiger partial charge >= 0.3 is 0 Å². The van der Waals surface area contributed by atoms with Gasteiger partial charge in [0.2, 0.25) is 0 Å². The summed E-state index contributed by atoms with van der Waals surface area (Å²) in [5.74, 6) is 0. The van der Waals surface area contributed by atoms with Crippen molar-refractivity contribution in [2.45, 2.75) is 72.6 Å². The summed E-state index contributed by atoms with van der Waals surface area (Å²) in [6, 6.07) is 0. The lowest BCUT2D eigenvalue weighted by molar-refractivity contribution is 0.0575. The van der Waals surface area contributed by atoms with Crippen molar-refractivity contribution < 1.29 is 0 Å². The normalized spacial score (nSPS) is 15.1. The predicted octanol–water partition coefficient (Wildman–Crippen LogP) is 4.25. The molecule has 0 aliphatic rings. The fourth-order valence-electron chi connectivity index (χ4n) is 2.39. The molecule has 0 aromatic heterocycles. The Morgan fingerprint density at radius 3 is 1.56 bits per heavy atom. The first-order valence-corrected chi connectivity index (χ1v) is 9.60. The molecule has 0 saturated heterocycles. The lowest BCUT2D eigenvalue weighted by Gasteiger charge is -2.48. The lowest BCUT2D eigenvalue weighted by Crippen LogP contribution is -2.58. The van der Waals surface area contributed by atoms with Gasteiger partial charge in [0.15, 0.2) is 0 Å². The fraction of sp³-hybridized carbons (Fsp3) is 0.857. The molecule has 0 aliphatic carbocycles. The van der Waals surface area contributed by atoms with E-state index in [0.717, 1.165) is 0 Å². The van der Waals surface area contributed by atoms with Crippen molar-refractivity contribution in [1.29, 1.82) is 0 Å². The molecule has 0 saturated carbocycles. The Labute approximate surface area is 104 Å². The fourth-order valence-corrected chi connectivity index (χ4v) is 5.16. The number of nitrogens with zero attached hydrogens (tertiary/aromatic N) is 1. The minimum absolute atomic E-state index is 0.240. The molecule has 0 amide bonds. The van der Waals surface area contributed by atoms with Crippen LogP contribution in [0.2, 0.25) is 13.1 Å². The van der Waals surface area contributed by atoms with Gasteiger partial charge in [-0.1, -0.05) is 24.9 Å². The molecule has 96 valence electrons. The highest BCUT2D eigenvalue weighted by atomic mass is 28.3. The van der Waals surface area contributed by atoms with Crippen molar-refractivity contribution in [3.05, 3.63) is 11.8 Å². The third-order valence-electron chi connectivity index (χ3n) is 2.80. The number of rotatable bonds is 3. The van der Waals surface area contributed by atoms with Crippen LogP contribution in [0.25, 0.3) is 0 Å². The second kappa shape index (κ2) is 5.05. The van der Waals surface area contributed by atoms with Crippen LogP contribution in [-0.2, 0) is 0 Å². The summed E-state index contributed by atoms with van der Waals surface area (Å²) >= 11 is 0. The Morgan fingerprint density at radius 1 is 0.938 bits per heavy atom. The minimum atomic E-state index is -1.24. The second-order valence-electron chi connectivity index (χ2n) is 7.42. The summed E-state index contributed by atoms with van der Waals surface area (Å²) in [6.45, 7) is 20.9. The van der Waals surface area contributed by atoms with Crippen molar-refractivity contribution in [1.82, 2.24) is 4.90 Å². The Morgan fingerprint density at radius 2 is 1.31 bits per heavy atom. The maximum absolute atomic E-state index is 2.65. The second-order valence-corrected chi connectivity index (χ2v) is 12.0. The van der Waals surface area contributed by atoms with Crippen molar-refractivity contribution in [2.24, 2.45) is 0 Å². The molecule has 0 unspecified atom stereocenters. The van der Waals surface area contributed by atoms with E-state index in [0.29, 0.717) is 0 Å². The molecule has 0 aliphatic heterocycles. The average Bonchev–Trinajstić information content (AvgIpc) is 1.96. The Bertz CT molecular complexity index is 226. The van der Waals surface area contributed by atoms with Crippen LogP contribution in [0, 0.1) is 0 Å². The Kier molecular flexibility index (Phi) is 5.02. The molecular weight excluding hydrogens is 210 g/mol. The van der Waals surface area contributed by atoms with Crippen molar-refractivity contribution in [3.8, 4) is 0 Å². The van der Waals surface area contributed by atoms with Gasteiger partial charge in [0.25, 0.3) is 0 Å². The smallest absolute Gasteiger partial charge is 0.0858 e. The summed E-state index contributed by atoms with van der Waals surface area (Å²) in [4.78, 5) is 2.65. The summed E-state index contributed by atoms with van der Waals surface area (Å²) < 4.78 is 0. The van der Waals surface area contributed by atoms with Gasteiger partial charge in [-0.2, -0.15) is 0 Å². The topological polar surface area (TPSA) is 3.24 Å². The van der Waals surface area contributed by atoms with E-state index in [1.807, 2.05) is 0 Å². The van der Waals surface area contributed by atoms with Crippen molar-refractivity contribution in [3.63, 3.8) is 0 Å². The van der Waals surface area contributed by atoms with E-state index in [1.54, 1.807) is 0 Å². The van der Waals surface area contributed by atoms with Gasteiger partial charge in [0.05, 0.1) is 8.07 Å². The van der Waals surface area contributed by atoms with Crippen LogP contribution in [0.1, 0.15) is 48.5 Å². The Balaban J connectivity index is 4.98.